The molecule has 2 unspecified atom stereocenters. The third kappa shape index (κ3) is 3.43. The number of aromatic nitrogens is 1. The maximum Gasteiger partial charge on any atom is 0.237 e. The molecule has 2 rings (SSSR count). The summed E-state index contributed by atoms with van der Waals surface area (Å²) in [6.07, 6.45) is 3.00. The molecule has 0 spiro atoms. The number of nitrogens with two attached hydrogens (primary N) is 1. The van der Waals surface area contributed by atoms with Gasteiger partial charge >= 0.3 is 0 Å². The van der Waals surface area contributed by atoms with Crippen LogP contribution in [0.2, 0.25) is 0 Å². The molecule has 0 fully saturated rings. The van der Waals surface area contributed by atoms with E-state index in [-0.39, 0.29) is 12.5 Å². The molecule has 0 saturated heterocycles. The predicted molar refractivity (Wildman–Crippen MR) is 83.9 cm³/mol. The van der Waals surface area contributed by atoms with Crippen LogP contribution in [0.4, 0.5) is 0 Å². The van der Waals surface area contributed by atoms with Crippen LogP contribution in [0.15, 0.2) is 30.5 Å². The number of hydrogen-bond donors (Lipinski definition) is 4. The van der Waals surface area contributed by atoms with Gasteiger partial charge in [-0.2, -0.15) is 0 Å². The van der Waals surface area contributed by atoms with Gasteiger partial charge in [-0.1, -0.05) is 25.1 Å². The Labute approximate surface area is 124 Å². The topological polar surface area (TPSA) is 91.1 Å². The molecule has 2 atom stereocenters. The second kappa shape index (κ2) is 6.28. The Balaban J connectivity index is 2.07. The molecule has 2 aromatic rings. The van der Waals surface area contributed by atoms with Crippen LogP contribution in [0.1, 0.15) is 25.8 Å². The first-order valence-electron chi connectivity index (χ1n) is 7.22. The van der Waals surface area contributed by atoms with Crippen molar-refractivity contribution in [2.24, 2.45) is 5.73 Å². The lowest BCUT2D eigenvalue weighted by atomic mass is 9.98. The Kier molecular flexibility index (Phi) is 4.65. The van der Waals surface area contributed by atoms with E-state index in [1.54, 1.807) is 0 Å². The largest absolute Gasteiger partial charge is 0.394 e. The van der Waals surface area contributed by atoms with Crippen molar-refractivity contribution in [3.8, 4) is 0 Å². The van der Waals surface area contributed by atoms with E-state index in [0.29, 0.717) is 12.8 Å². The lowest BCUT2D eigenvalue weighted by Gasteiger charge is -2.28. The smallest absolute Gasteiger partial charge is 0.237 e. The summed E-state index contributed by atoms with van der Waals surface area (Å²) in [7, 11) is 0. The highest BCUT2D eigenvalue weighted by molar-refractivity contribution is 5.86. The second-order valence-electron chi connectivity index (χ2n) is 5.73. The molecule has 0 aliphatic heterocycles. The Hall–Kier alpha value is -1.85. The van der Waals surface area contributed by atoms with E-state index in [2.05, 4.69) is 10.3 Å². The van der Waals surface area contributed by atoms with Crippen LogP contribution in [0.25, 0.3) is 10.9 Å². The zero-order chi connectivity index (χ0) is 15.5. The first kappa shape index (κ1) is 15.5. The molecule has 0 radical (unpaired) electrons. The normalized spacial score (nSPS) is 15.6. The minimum atomic E-state index is -0.637. The van der Waals surface area contributed by atoms with Crippen LogP contribution in [0.5, 0.6) is 0 Å². The number of para-hydroxylation sites is 1. The second-order valence-corrected chi connectivity index (χ2v) is 5.73. The van der Waals surface area contributed by atoms with E-state index in [4.69, 9.17) is 5.73 Å². The van der Waals surface area contributed by atoms with Crippen LogP contribution >= 0.6 is 0 Å². The fourth-order valence-electron chi connectivity index (χ4n) is 2.26. The molecule has 0 aliphatic rings. The average molecular weight is 289 g/mol. The number of benzene rings is 1. The van der Waals surface area contributed by atoms with E-state index in [0.717, 1.165) is 16.5 Å². The molecule has 1 aromatic heterocycles. The van der Waals surface area contributed by atoms with Crippen molar-refractivity contribution < 1.29 is 9.90 Å². The van der Waals surface area contributed by atoms with Gasteiger partial charge < -0.3 is 21.1 Å². The van der Waals surface area contributed by atoms with Gasteiger partial charge in [0.25, 0.3) is 0 Å². The fourth-order valence-corrected chi connectivity index (χ4v) is 2.26. The standard InChI is InChI=1S/C16H23N3O2/c1-3-16(2,10-20)19-15(21)13(17)8-11-9-18-14-7-5-4-6-12(11)14/h4-7,9,13,18,20H,3,8,10,17H2,1-2H3,(H,19,21). The predicted octanol–water partition coefficient (Wildman–Crippen LogP) is 1.31. The first-order chi connectivity index (χ1) is 9.99. The maximum atomic E-state index is 12.2. The lowest BCUT2D eigenvalue weighted by molar-refractivity contribution is -0.124. The molecule has 21 heavy (non-hydrogen) atoms. The summed E-state index contributed by atoms with van der Waals surface area (Å²) in [6.45, 7) is 3.63. The van der Waals surface area contributed by atoms with Crippen LogP contribution in [-0.4, -0.2) is 34.2 Å². The van der Waals surface area contributed by atoms with E-state index in [9.17, 15) is 9.90 Å². The molecule has 0 saturated carbocycles. The highest BCUT2D eigenvalue weighted by atomic mass is 16.3. The fraction of sp³-hybridized carbons (Fsp3) is 0.438. The average Bonchev–Trinajstić information content (AvgIpc) is 2.90. The van der Waals surface area contributed by atoms with Crippen LogP contribution in [-0.2, 0) is 11.2 Å². The van der Waals surface area contributed by atoms with Crippen LogP contribution < -0.4 is 11.1 Å². The number of aliphatic hydroxyl groups is 1. The Bertz CT molecular complexity index is 617. The van der Waals surface area contributed by atoms with Crippen molar-refractivity contribution in [3.63, 3.8) is 0 Å². The number of aliphatic hydroxyl groups excluding tert-OH is 1. The number of rotatable bonds is 6. The maximum absolute atomic E-state index is 12.2. The number of carbonyl (C=O) groups excluding carboxylic acids is 1. The summed E-state index contributed by atoms with van der Waals surface area (Å²) >= 11 is 0. The van der Waals surface area contributed by atoms with Gasteiger partial charge in [-0.05, 0) is 31.4 Å². The molecule has 5 heteroatoms. The number of nitrogens with one attached hydrogen (secondary N) is 2. The molecular formula is C16H23N3O2. The van der Waals surface area contributed by atoms with Crippen molar-refractivity contribution in [2.75, 3.05) is 6.61 Å². The number of hydrogen-bond acceptors (Lipinski definition) is 3. The van der Waals surface area contributed by atoms with Gasteiger partial charge in [-0.3, -0.25) is 4.79 Å². The molecule has 1 heterocycles. The minimum absolute atomic E-state index is 0.102. The van der Waals surface area contributed by atoms with Gasteiger partial charge in [-0.15, -0.1) is 0 Å². The number of fused-ring (bicyclic) bond motifs is 1. The van der Waals surface area contributed by atoms with Crippen molar-refractivity contribution >= 4 is 16.8 Å². The zero-order valence-electron chi connectivity index (χ0n) is 12.5. The van der Waals surface area contributed by atoms with Crippen LogP contribution in [0.3, 0.4) is 0 Å². The molecule has 5 N–H and O–H groups in total. The summed E-state index contributed by atoms with van der Waals surface area (Å²) in [5.74, 6) is -0.237. The number of aromatic amines is 1. The van der Waals surface area contributed by atoms with E-state index in [1.165, 1.54) is 0 Å². The lowest BCUT2D eigenvalue weighted by Crippen LogP contribution is -2.54. The van der Waals surface area contributed by atoms with Gasteiger partial charge in [0, 0.05) is 17.1 Å². The van der Waals surface area contributed by atoms with Crippen LogP contribution in [0, 0.1) is 0 Å². The van der Waals surface area contributed by atoms with Crippen molar-refractivity contribution in [1.82, 2.24) is 10.3 Å². The Morgan fingerprint density at radius 2 is 2.19 bits per heavy atom. The van der Waals surface area contributed by atoms with Gasteiger partial charge in [0.1, 0.15) is 0 Å². The highest BCUT2D eigenvalue weighted by Crippen LogP contribution is 2.19. The Morgan fingerprint density at radius 3 is 2.86 bits per heavy atom. The van der Waals surface area contributed by atoms with Crippen molar-refractivity contribution in [2.45, 2.75) is 38.3 Å². The molecule has 0 aliphatic carbocycles. The summed E-state index contributed by atoms with van der Waals surface area (Å²) in [5.41, 5.74) is 7.45. The van der Waals surface area contributed by atoms with E-state index >= 15 is 0 Å². The number of H-pyrrole nitrogens is 1. The quantitative estimate of drug-likeness (QED) is 0.646. The van der Waals surface area contributed by atoms with E-state index in [1.807, 2.05) is 44.3 Å². The van der Waals surface area contributed by atoms with E-state index < -0.39 is 11.6 Å². The molecule has 0 bridgehead atoms. The van der Waals surface area contributed by atoms with Crippen molar-refractivity contribution in [3.05, 3.63) is 36.0 Å². The van der Waals surface area contributed by atoms with Crippen molar-refractivity contribution in [1.29, 1.82) is 0 Å². The van der Waals surface area contributed by atoms with Gasteiger partial charge in [0.2, 0.25) is 5.91 Å². The number of amides is 1. The number of carbonyl (C=O) groups is 1. The molecule has 1 aromatic carbocycles. The summed E-state index contributed by atoms with van der Waals surface area (Å²) in [4.78, 5) is 15.4. The van der Waals surface area contributed by atoms with Gasteiger partial charge in [0.05, 0.1) is 18.2 Å². The van der Waals surface area contributed by atoms with Gasteiger partial charge in [0.15, 0.2) is 0 Å². The van der Waals surface area contributed by atoms with Gasteiger partial charge in [-0.25, -0.2) is 0 Å². The Morgan fingerprint density at radius 1 is 1.48 bits per heavy atom. The molecule has 114 valence electrons. The molecule has 1 amide bonds. The summed E-state index contributed by atoms with van der Waals surface area (Å²) in [6, 6.07) is 7.29. The summed E-state index contributed by atoms with van der Waals surface area (Å²) in [5, 5.41) is 13.3. The first-order valence-corrected chi connectivity index (χ1v) is 7.22. The third-order valence-corrected chi connectivity index (χ3v) is 4.01. The monoisotopic (exact) mass is 289 g/mol. The SMILES string of the molecule is CCC(C)(CO)NC(=O)C(N)Cc1c[nH]c2ccccc12. The molecular weight excluding hydrogens is 266 g/mol. The molecule has 5 nitrogen and oxygen atoms in total. The zero-order valence-corrected chi connectivity index (χ0v) is 12.5. The minimum Gasteiger partial charge on any atom is -0.394 e. The third-order valence-electron chi connectivity index (χ3n) is 4.01. The summed E-state index contributed by atoms with van der Waals surface area (Å²) < 4.78 is 0. The highest BCUT2D eigenvalue weighted by Gasteiger charge is 2.26.